The van der Waals surface area contributed by atoms with Gasteiger partial charge in [-0.05, 0) is 99.1 Å². The van der Waals surface area contributed by atoms with Gasteiger partial charge >= 0.3 is 0 Å². The van der Waals surface area contributed by atoms with Gasteiger partial charge in [0, 0.05) is 11.1 Å². The van der Waals surface area contributed by atoms with E-state index in [9.17, 15) is 5.11 Å². The number of thiocarbonyl (C=S) groups is 1. The summed E-state index contributed by atoms with van der Waals surface area (Å²) in [6.07, 6.45) is 10.7. The van der Waals surface area contributed by atoms with Gasteiger partial charge in [0.25, 0.3) is 0 Å². The van der Waals surface area contributed by atoms with Crippen molar-refractivity contribution >= 4 is 23.0 Å². The highest BCUT2D eigenvalue weighted by Crippen LogP contribution is 2.65. The first-order valence-corrected chi connectivity index (χ1v) is 10.6. The Morgan fingerprint density at radius 3 is 2.72 bits per heavy atom. The van der Waals surface area contributed by atoms with E-state index in [1.165, 1.54) is 44.2 Å². The van der Waals surface area contributed by atoms with Crippen molar-refractivity contribution in [1.82, 2.24) is 5.43 Å². The largest absolute Gasteiger partial charge is 0.393 e. The van der Waals surface area contributed by atoms with Crippen LogP contribution in [0.25, 0.3) is 0 Å². The number of nitrogens with one attached hydrogen (secondary N) is 1. The van der Waals surface area contributed by atoms with Crippen LogP contribution in [0, 0.1) is 34.5 Å². The first-order chi connectivity index (χ1) is 11.8. The molecule has 4 N–H and O–H groups in total. The van der Waals surface area contributed by atoms with Gasteiger partial charge in [-0.25, -0.2) is 0 Å². The van der Waals surface area contributed by atoms with Crippen LogP contribution < -0.4 is 11.2 Å². The minimum atomic E-state index is -0.0557. The van der Waals surface area contributed by atoms with Crippen LogP contribution in [-0.4, -0.2) is 22.0 Å². The summed E-state index contributed by atoms with van der Waals surface area (Å²) < 4.78 is 0. The molecule has 4 aliphatic rings. The average Bonchev–Trinajstić information content (AvgIpc) is 2.90. The molecule has 4 fully saturated rings. The number of rotatable bonds is 1. The molecule has 0 aromatic carbocycles. The summed E-state index contributed by atoms with van der Waals surface area (Å²) in [7, 11) is 0. The molecule has 4 rings (SSSR count). The topological polar surface area (TPSA) is 70.6 Å². The number of hydrazone groups is 1. The van der Waals surface area contributed by atoms with Crippen LogP contribution in [0.4, 0.5) is 0 Å². The van der Waals surface area contributed by atoms with E-state index >= 15 is 0 Å². The number of hydrogen-bond donors (Lipinski definition) is 3. The summed E-state index contributed by atoms with van der Waals surface area (Å²) in [4.78, 5) is 0. The fraction of sp³-hybridized carbons (Fsp3) is 0.900. The van der Waals surface area contributed by atoms with Gasteiger partial charge in [0.2, 0.25) is 0 Å². The maximum Gasteiger partial charge on any atom is 0.184 e. The lowest BCUT2D eigenvalue weighted by Crippen LogP contribution is -2.54. The van der Waals surface area contributed by atoms with Crippen LogP contribution in [-0.2, 0) is 0 Å². The minimum Gasteiger partial charge on any atom is -0.393 e. The zero-order valence-electron chi connectivity index (χ0n) is 15.6. The van der Waals surface area contributed by atoms with E-state index in [0.29, 0.717) is 5.41 Å². The fourth-order valence-corrected chi connectivity index (χ4v) is 7.38. The molecule has 0 unspecified atom stereocenters. The van der Waals surface area contributed by atoms with Gasteiger partial charge in [0.05, 0.1) is 6.10 Å². The molecular formula is C20H33N3OS. The molecule has 0 radical (unpaired) electrons. The van der Waals surface area contributed by atoms with Crippen LogP contribution in [0.2, 0.25) is 0 Å². The van der Waals surface area contributed by atoms with E-state index in [0.717, 1.165) is 42.9 Å². The van der Waals surface area contributed by atoms with Crippen molar-refractivity contribution in [3.05, 3.63) is 0 Å². The maximum absolute atomic E-state index is 10.1. The normalized spacial score (nSPS) is 50.7. The molecule has 7 atom stereocenters. The van der Waals surface area contributed by atoms with Gasteiger partial charge in [-0.1, -0.05) is 13.8 Å². The predicted molar refractivity (Wildman–Crippen MR) is 105 cm³/mol. The monoisotopic (exact) mass is 363 g/mol. The average molecular weight is 364 g/mol. The smallest absolute Gasteiger partial charge is 0.184 e. The van der Waals surface area contributed by atoms with Gasteiger partial charge in [-0.3, -0.25) is 5.43 Å². The van der Waals surface area contributed by atoms with Crippen LogP contribution in [0.5, 0.6) is 0 Å². The summed E-state index contributed by atoms with van der Waals surface area (Å²) in [6.45, 7) is 4.97. The van der Waals surface area contributed by atoms with Crippen molar-refractivity contribution in [2.75, 3.05) is 0 Å². The van der Waals surface area contributed by atoms with Gasteiger partial charge in [0.15, 0.2) is 5.11 Å². The van der Waals surface area contributed by atoms with E-state index in [-0.39, 0.29) is 16.6 Å². The number of aliphatic hydroxyl groups is 1. The van der Waals surface area contributed by atoms with E-state index in [1.54, 1.807) is 0 Å². The number of nitrogens with zero attached hydrogens (tertiary/aromatic N) is 1. The summed E-state index contributed by atoms with van der Waals surface area (Å²) in [6, 6.07) is 0. The summed E-state index contributed by atoms with van der Waals surface area (Å²) >= 11 is 4.93. The van der Waals surface area contributed by atoms with Crippen LogP contribution in [0.15, 0.2) is 5.10 Å². The second-order valence-electron chi connectivity index (χ2n) is 9.61. The van der Waals surface area contributed by atoms with Crippen molar-refractivity contribution < 1.29 is 5.11 Å². The molecule has 4 nitrogen and oxygen atoms in total. The Morgan fingerprint density at radius 1 is 1.16 bits per heavy atom. The molecule has 0 aromatic rings. The second kappa shape index (κ2) is 6.19. The van der Waals surface area contributed by atoms with Crippen molar-refractivity contribution in [2.45, 2.75) is 77.7 Å². The van der Waals surface area contributed by atoms with Gasteiger partial charge < -0.3 is 10.8 Å². The van der Waals surface area contributed by atoms with Crippen LogP contribution >= 0.6 is 12.2 Å². The molecule has 0 saturated heterocycles. The first kappa shape index (κ1) is 17.7. The van der Waals surface area contributed by atoms with E-state index in [4.69, 9.17) is 18.0 Å². The Kier molecular flexibility index (Phi) is 4.39. The lowest BCUT2D eigenvalue weighted by atomic mass is 9.45. The summed E-state index contributed by atoms with van der Waals surface area (Å²) in [5.41, 5.74) is 10.4. The Bertz CT molecular complexity index is 593. The Balaban J connectivity index is 1.58. The van der Waals surface area contributed by atoms with Gasteiger partial charge in [0.1, 0.15) is 0 Å². The zero-order valence-corrected chi connectivity index (χ0v) is 16.4. The molecule has 4 saturated carbocycles. The quantitative estimate of drug-likeness (QED) is 0.492. The predicted octanol–water partition coefficient (Wildman–Crippen LogP) is 3.58. The van der Waals surface area contributed by atoms with Crippen molar-refractivity contribution in [1.29, 1.82) is 0 Å². The SMILES string of the molecule is C[C@]12CC[C@H](O)C[C@@H]1CC[C@@H]1[C@@H]2CC[C@]2(C)/C(=N\NC(N)=S)CC[C@@H]12. The number of nitrogens with two attached hydrogens (primary N) is 1. The molecule has 0 aliphatic heterocycles. The highest BCUT2D eigenvalue weighted by Gasteiger charge is 2.59. The fourth-order valence-electron chi connectivity index (χ4n) is 7.33. The molecule has 0 aromatic heterocycles. The van der Waals surface area contributed by atoms with Gasteiger partial charge in [-0.15, -0.1) is 0 Å². The minimum absolute atomic E-state index is 0.0557. The Hall–Kier alpha value is -0.680. The lowest BCUT2D eigenvalue weighted by Gasteiger charge is -2.60. The molecule has 140 valence electrons. The maximum atomic E-state index is 10.1. The molecule has 0 bridgehead atoms. The molecule has 0 amide bonds. The van der Waals surface area contributed by atoms with Crippen molar-refractivity contribution in [2.24, 2.45) is 45.3 Å². The molecule has 0 spiro atoms. The Morgan fingerprint density at radius 2 is 1.96 bits per heavy atom. The molecule has 4 aliphatic carbocycles. The summed E-state index contributed by atoms with van der Waals surface area (Å²) in [5, 5.41) is 15.0. The standard InChI is InChI=1S/C20H33N3OS/c1-19-9-7-13(24)11-12(19)3-4-14-15-5-6-17(22-23-18(21)25)20(15,2)10-8-16(14)19/h12-16,24H,3-11H2,1-2H3,(H3,21,23,25)/b22-17-/t12-,13-,14-,15-,16-,19-,20-/m0/s1. The summed E-state index contributed by atoms with van der Waals surface area (Å²) in [5.74, 6) is 3.14. The van der Waals surface area contributed by atoms with Gasteiger partial charge in [-0.2, -0.15) is 5.10 Å². The second-order valence-corrected chi connectivity index (χ2v) is 10.1. The van der Waals surface area contributed by atoms with E-state index < -0.39 is 0 Å². The van der Waals surface area contributed by atoms with Crippen molar-refractivity contribution in [3.63, 3.8) is 0 Å². The van der Waals surface area contributed by atoms with E-state index in [1.807, 2.05) is 0 Å². The highest BCUT2D eigenvalue weighted by molar-refractivity contribution is 7.80. The van der Waals surface area contributed by atoms with Crippen molar-refractivity contribution in [3.8, 4) is 0 Å². The first-order valence-electron chi connectivity index (χ1n) is 10.1. The third-order valence-corrected chi connectivity index (χ3v) is 8.77. The molecule has 0 heterocycles. The molecule has 5 heteroatoms. The molecular weight excluding hydrogens is 330 g/mol. The van der Waals surface area contributed by atoms with Crippen LogP contribution in [0.1, 0.15) is 71.6 Å². The third-order valence-electron chi connectivity index (χ3n) is 8.68. The van der Waals surface area contributed by atoms with E-state index in [2.05, 4.69) is 24.4 Å². The lowest BCUT2D eigenvalue weighted by molar-refractivity contribution is -0.113. The zero-order chi connectivity index (χ0) is 17.8. The molecule has 25 heavy (non-hydrogen) atoms. The van der Waals surface area contributed by atoms with Crippen LogP contribution in [0.3, 0.4) is 0 Å². The Labute approximate surface area is 157 Å². The number of hydrogen-bond acceptors (Lipinski definition) is 3. The third kappa shape index (κ3) is 2.73. The highest BCUT2D eigenvalue weighted by atomic mass is 32.1. The number of fused-ring (bicyclic) bond motifs is 5. The number of aliphatic hydroxyl groups excluding tert-OH is 1.